The van der Waals surface area contributed by atoms with Crippen LogP contribution in [0.25, 0.3) is 0 Å². The van der Waals surface area contributed by atoms with Crippen LogP contribution in [0.4, 0.5) is 0 Å². The van der Waals surface area contributed by atoms with E-state index >= 15 is 0 Å². The molecule has 1 aromatic rings. The number of hydrogen-bond acceptors (Lipinski definition) is 3. The molecule has 1 heterocycles. The summed E-state index contributed by atoms with van der Waals surface area (Å²) in [6.45, 7) is 2.91. The summed E-state index contributed by atoms with van der Waals surface area (Å²) in [5.74, 6) is 0. The van der Waals surface area contributed by atoms with Crippen LogP contribution in [-0.4, -0.2) is 33.4 Å². The zero-order valence-electron chi connectivity index (χ0n) is 10.7. The quantitative estimate of drug-likeness (QED) is 0.925. The molecule has 6 heteroatoms. The Morgan fingerprint density at radius 1 is 1.32 bits per heavy atom. The number of halogens is 3. The Labute approximate surface area is 130 Å². The molecular weight excluding hydrogens is 309 g/mol. The van der Waals surface area contributed by atoms with Gasteiger partial charge >= 0.3 is 0 Å². The maximum absolute atomic E-state index is 6.09. The third kappa shape index (κ3) is 3.97. The van der Waals surface area contributed by atoms with Gasteiger partial charge in [-0.2, -0.15) is 0 Å². The molecule has 1 N–H and O–H groups in total. The van der Waals surface area contributed by atoms with E-state index in [0.717, 1.165) is 25.1 Å². The molecule has 1 aromatic carbocycles. The van der Waals surface area contributed by atoms with Gasteiger partial charge in [0.25, 0.3) is 0 Å². The van der Waals surface area contributed by atoms with Gasteiger partial charge in [-0.25, -0.2) is 0 Å². The lowest BCUT2D eigenvalue weighted by molar-refractivity contribution is -0.0893. The van der Waals surface area contributed by atoms with E-state index in [-0.39, 0.29) is 12.4 Å². The number of benzene rings is 1. The van der Waals surface area contributed by atoms with Crippen molar-refractivity contribution in [1.29, 1.82) is 0 Å². The van der Waals surface area contributed by atoms with Crippen LogP contribution < -0.4 is 5.32 Å². The third-order valence-electron chi connectivity index (χ3n) is 3.19. The summed E-state index contributed by atoms with van der Waals surface area (Å²) >= 11 is 12.0. The molecule has 0 aliphatic carbocycles. The second-order valence-electron chi connectivity index (χ2n) is 4.40. The monoisotopic (exact) mass is 325 g/mol. The summed E-state index contributed by atoms with van der Waals surface area (Å²) in [6, 6.07) is 5.63. The molecule has 1 atom stereocenters. The van der Waals surface area contributed by atoms with Gasteiger partial charge in [0, 0.05) is 13.7 Å². The maximum Gasteiger partial charge on any atom is 0.118 e. The Balaban J connectivity index is 0.00000180. The molecular formula is C13H18Cl3NO2. The van der Waals surface area contributed by atoms with Crippen LogP contribution in [0.1, 0.15) is 12.0 Å². The van der Waals surface area contributed by atoms with Gasteiger partial charge < -0.3 is 14.8 Å². The average molecular weight is 327 g/mol. The van der Waals surface area contributed by atoms with Crippen LogP contribution in [0, 0.1) is 0 Å². The Morgan fingerprint density at radius 3 is 2.79 bits per heavy atom. The fraction of sp³-hybridized carbons (Fsp3) is 0.538. The SMILES string of the molecule is COCC1(c2ccc(Cl)c(Cl)c2)CCNCCO1.Cl. The largest absolute Gasteiger partial charge is 0.381 e. The number of ether oxygens (including phenoxy) is 2. The van der Waals surface area contributed by atoms with Crippen LogP contribution in [0.15, 0.2) is 18.2 Å². The molecule has 1 saturated heterocycles. The Bertz CT molecular complexity index is 407. The molecule has 0 radical (unpaired) electrons. The van der Waals surface area contributed by atoms with Gasteiger partial charge in [0.15, 0.2) is 0 Å². The summed E-state index contributed by atoms with van der Waals surface area (Å²) < 4.78 is 11.4. The first-order valence-corrected chi connectivity index (χ1v) is 6.73. The first kappa shape index (κ1) is 17.0. The van der Waals surface area contributed by atoms with E-state index in [9.17, 15) is 0 Å². The fourth-order valence-corrected chi connectivity index (χ4v) is 2.54. The molecule has 1 aliphatic rings. The highest BCUT2D eigenvalue weighted by Crippen LogP contribution is 2.34. The van der Waals surface area contributed by atoms with Gasteiger partial charge in [-0.15, -0.1) is 12.4 Å². The van der Waals surface area contributed by atoms with Gasteiger partial charge in [0.1, 0.15) is 5.60 Å². The van der Waals surface area contributed by atoms with Crippen LogP contribution >= 0.6 is 35.6 Å². The molecule has 1 unspecified atom stereocenters. The van der Waals surface area contributed by atoms with E-state index in [2.05, 4.69) is 5.32 Å². The van der Waals surface area contributed by atoms with Gasteiger partial charge in [-0.3, -0.25) is 0 Å². The Kier molecular flexibility index (Phi) is 6.87. The normalized spacial score (nSPS) is 23.5. The average Bonchev–Trinajstić information content (AvgIpc) is 2.60. The summed E-state index contributed by atoms with van der Waals surface area (Å²) in [5.41, 5.74) is 0.578. The number of hydrogen-bond donors (Lipinski definition) is 1. The van der Waals surface area contributed by atoms with E-state index < -0.39 is 5.60 Å². The lowest BCUT2D eigenvalue weighted by Gasteiger charge is -2.32. The molecule has 0 aromatic heterocycles. The van der Waals surface area contributed by atoms with Gasteiger partial charge in [0.05, 0.1) is 23.3 Å². The van der Waals surface area contributed by atoms with Gasteiger partial charge in [0.2, 0.25) is 0 Å². The van der Waals surface area contributed by atoms with E-state index in [0.29, 0.717) is 23.3 Å². The van der Waals surface area contributed by atoms with Crippen molar-refractivity contribution in [1.82, 2.24) is 5.32 Å². The Hall–Kier alpha value is -0.0300. The number of rotatable bonds is 3. The summed E-state index contributed by atoms with van der Waals surface area (Å²) in [4.78, 5) is 0. The van der Waals surface area contributed by atoms with Crippen molar-refractivity contribution in [2.24, 2.45) is 0 Å². The molecule has 0 amide bonds. The zero-order chi connectivity index (χ0) is 13.0. The highest BCUT2D eigenvalue weighted by molar-refractivity contribution is 6.42. The standard InChI is InChI=1S/C13H17Cl2NO2.ClH/c1-17-9-13(4-5-16-6-7-18-13)10-2-3-11(14)12(15)8-10;/h2-3,8,16H,4-7,9H2,1H3;1H. The lowest BCUT2D eigenvalue weighted by atomic mass is 9.91. The predicted octanol–water partition coefficient (Wildman–Crippen LogP) is 3.27. The number of methoxy groups -OCH3 is 1. The second kappa shape index (κ2) is 7.67. The topological polar surface area (TPSA) is 30.5 Å². The molecule has 0 spiro atoms. The highest BCUT2D eigenvalue weighted by Gasteiger charge is 2.34. The molecule has 19 heavy (non-hydrogen) atoms. The first-order valence-electron chi connectivity index (χ1n) is 5.97. The van der Waals surface area contributed by atoms with E-state index in [1.807, 2.05) is 12.1 Å². The van der Waals surface area contributed by atoms with Crippen molar-refractivity contribution in [3.8, 4) is 0 Å². The summed E-state index contributed by atoms with van der Waals surface area (Å²) in [6.07, 6.45) is 0.846. The lowest BCUT2D eigenvalue weighted by Crippen LogP contribution is -2.35. The van der Waals surface area contributed by atoms with Crippen LogP contribution in [0.5, 0.6) is 0 Å². The molecule has 1 fully saturated rings. The van der Waals surface area contributed by atoms with E-state index in [1.54, 1.807) is 13.2 Å². The van der Waals surface area contributed by atoms with Crippen molar-refractivity contribution in [3.05, 3.63) is 33.8 Å². The molecule has 0 bridgehead atoms. The fourth-order valence-electron chi connectivity index (χ4n) is 2.24. The second-order valence-corrected chi connectivity index (χ2v) is 5.22. The minimum atomic E-state index is -0.438. The van der Waals surface area contributed by atoms with Crippen molar-refractivity contribution < 1.29 is 9.47 Å². The van der Waals surface area contributed by atoms with Crippen molar-refractivity contribution >= 4 is 35.6 Å². The van der Waals surface area contributed by atoms with Gasteiger partial charge in [-0.1, -0.05) is 29.3 Å². The minimum absolute atomic E-state index is 0. The van der Waals surface area contributed by atoms with Gasteiger partial charge in [-0.05, 0) is 30.7 Å². The van der Waals surface area contributed by atoms with Crippen LogP contribution in [0.2, 0.25) is 10.0 Å². The Morgan fingerprint density at radius 2 is 2.11 bits per heavy atom. The zero-order valence-corrected chi connectivity index (χ0v) is 13.1. The van der Waals surface area contributed by atoms with Crippen molar-refractivity contribution in [3.63, 3.8) is 0 Å². The molecule has 0 saturated carbocycles. The third-order valence-corrected chi connectivity index (χ3v) is 3.93. The highest BCUT2D eigenvalue weighted by atomic mass is 35.5. The smallest absolute Gasteiger partial charge is 0.118 e. The number of nitrogens with one attached hydrogen (secondary N) is 1. The molecule has 3 nitrogen and oxygen atoms in total. The maximum atomic E-state index is 6.09. The van der Waals surface area contributed by atoms with E-state index in [1.165, 1.54) is 0 Å². The predicted molar refractivity (Wildman–Crippen MR) is 80.7 cm³/mol. The minimum Gasteiger partial charge on any atom is -0.381 e. The van der Waals surface area contributed by atoms with Crippen LogP contribution in [0.3, 0.4) is 0 Å². The molecule has 2 rings (SSSR count). The van der Waals surface area contributed by atoms with E-state index in [4.69, 9.17) is 32.7 Å². The summed E-state index contributed by atoms with van der Waals surface area (Å²) in [5, 5.41) is 4.42. The summed E-state index contributed by atoms with van der Waals surface area (Å²) in [7, 11) is 1.68. The molecule has 108 valence electrons. The molecule has 1 aliphatic heterocycles. The van der Waals surface area contributed by atoms with Crippen LogP contribution in [-0.2, 0) is 15.1 Å². The van der Waals surface area contributed by atoms with Crippen molar-refractivity contribution in [2.75, 3.05) is 33.4 Å². The first-order chi connectivity index (χ1) is 8.68. The van der Waals surface area contributed by atoms with Crippen molar-refractivity contribution in [2.45, 2.75) is 12.0 Å².